The van der Waals surface area contributed by atoms with E-state index in [0.29, 0.717) is 34.1 Å². The molecule has 34 heavy (non-hydrogen) atoms. The summed E-state index contributed by atoms with van der Waals surface area (Å²) in [6.45, 7) is 2.05. The molecule has 174 valence electrons. The zero-order valence-electron chi connectivity index (χ0n) is 19.5. The van der Waals surface area contributed by atoms with Crippen molar-refractivity contribution in [2.45, 2.75) is 13.5 Å². The number of aromatic nitrogens is 1. The molecule has 1 heterocycles. The predicted molar refractivity (Wildman–Crippen MR) is 132 cm³/mol. The molecule has 0 saturated carbocycles. The molecule has 7 nitrogen and oxygen atoms in total. The van der Waals surface area contributed by atoms with Crippen LogP contribution in [-0.4, -0.2) is 32.2 Å². The summed E-state index contributed by atoms with van der Waals surface area (Å²) in [7, 11) is 4.50. The number of H-pyrrole nitrogens is 1. The Morgan fingerprint density at radius 3 is 2.18 bits per heavy atom. The van der Waals surface area contributed by atoms with E-state index in [-0.39, 0.29) is 18.0 Å². The molecule has 7 heteroatoms. The molecule has 3 aromatic carbocycles. The van der Waals surface area contributed by atoms with Crippen molar-refractivity contribution >= 4 is 22.5 Å². The van der Waals surface area contributed by atoms with Crippen molar-refractivity contribution < 1.29 is 19.0 Å². The molecule has 4 aromatic rings. The van der Waals surface area contributed by atoms with E-state index < -0.39 is 0 Å². The number of aromatic amines is 1. The van der Waals surface area contributed by atoms with E-state index in [1.54, 1.807) is 17.0 Å². The lowest BCUT2D eigenvalue weighted by Crippen LogP contribution is -2.33. The van der Waals surface area contributed by atoms with Crippen molar-refractivity contribution in [1.82, 2.24) is 4.98 Å². The molecule has 0 radical (unpaired) electrons. The van der Waals surface area contributed by atoms with Gasteiger partial charge in [0.15, 0.2) is 11.5 Å². The lowest BCUT2D eigenvalue weighted by molar-refractivity contribution is 0.0984. The van der Waals surface area contributed by atoms with E-state index >= 15 is 0 Å². The predicted octanol–water partition coefficient (Wildman–Crippen LogP) is 4.71. The Kier molecular flexibility index (Phi) is 6.54. The maximum absolute atomic E-state index is 13.8. The zero-order chi connectivity index (χ0) is 24.2. The average molecular weight is 459 g/mol. The highest BCUT2D eigenvalue weighted by Gasteiger charge is 2.23. The van der Waals surface area contributed by atoms with Crippen molar-refractivity contribution in [3.8, 4) is 17.2 Å². The summed E-state index contributed by atoms with van der Waals surface area (Å²) >= 11 is 0. The van der Waals surface area contributed by atoms with E-state index in [0.717, 1.165) is 16.5 Å². The standard InChI is InChI=1S/C27H26N2O5/c1-17-10-11-18-13-20(26(30)28-22(18)12-17)16-29(21-8-6-5-7-9-21)27(31)19-14-23(32-2)25(34-4)24(15-19)33-3/h5-15H,16H2,1-4H3,(H,28,30). The van der Waals surface area contributed by atoms with E-state index in [9.17, 15) is 9.59 Å². The SMILES string of the molecule is COc1cc(C(=O)N(Cc2cc3ccc(C)cc3[nH]c2=O)c2ccccc2)cc(OC)c1OC. The number of hydrogen-bond acceptors (Lipinski definition) is 5. The molecule has 0 unspecified atom stereocenters. The third kappa shape index (κ3) is 4.45. The number of para-hydroxylation sites is 1. The second kappa shape index (κ2) is 9.70. The number of benzene rings is 3. The molecule has 0 aliphatic heterocycles. The van der Waals surface area contributed by atoms with E-state index in [1.807, 2.05) is 61.5 Å². The summed E-state index contributed by atoms with van der Waals surface area (Å²) in [5, 5.41) is 0.897. The highest BCUT2D eigenvalue weighted by atomic mass is 16.5. The lowest BCUT2D eigenvalue weighted by Gasteiger charge is -2.24. The van der Waals surface area contributed by atoms with Crippen molar-refractivity contribution in [3.05, 3.63) is 93.8 Å². The lowest BCUT2D eigenvalue weighted by atomic mass is 10.1. The van der Waals surface area contributed by atoms with Gasteiger partial charge >= 0.3 is 0 Å². The fourth-order valence-corrected chi connectivity index (χ4v) is 3.90. The van der Waals surface area contributed by atoms with Crippen LogP contribution in [0.3, 0.4) is 0 Å². The number of ether oxygens (including phenoxy) is 3. The van der Waals surface area contributed by atoms with Crippen LogP contribution in [0.4, 0.5) is 5.69 Å². The molecule has 1 aromatic heterocycles. The van der Waals surface area contributed by atoms with Crippen LogP contribution in [0.1, 0.15) is 21.5 Å². The monoisotopic (exact) mass is 458 g/mol. The fraction of sp³-hybridized carbons (Fsp3) is 0.185. The van der Waals surface area contributed by atoms with Gasteiger partial charge in [0.1, 0.15) is 0 Å². The number of nitrogens with zero attached hydrogens (tertiary/aromatic N) is 1. The van der Waals surface area contributed by atoms with Gasteiger partial charge in [-0.15, -0.1) is 0 Å². The number of methoxy groups -OCH3 is 3. The number of rotatable bonds is 7. The van der Waals surface area contributed by atoms with Gasteiger partial charge in [-0.25, -0.2) is 0 Å². The maximum atomic E-state index is 13.8. The first-order chi connectivity index (χ1) is 16.4. The van der Waals surface area contributed by atoms with E-state index in [2.05, 4.69) is 4.98 Å². The van der Waals surface area contributed by atoms with Gasteiger partial charge in [0.25, 0.3) is 11.5 Å². The first-order valence-electron chi connectivity index (χ1n) is 10.7. The topological polar surface area (TPSA) is 80.9 Å². The highest BCUT2D eigenvalue weighted by Crippen LogP contribution is 2.38. The minimum absolute atomic E-state index is 0.0820. The van der Waals surface area contributed by atoms with Crippen LogP contribution >= 0.6 is 0 Å². The third-order valence-electron chi connectivity index (χ3n) is 5.63. The van der Waals surface area contributed by atoms with Crippen LogP contribution < -0.4 is 24.7 Å². The number of amides is 1. The molecular formula is C27H26N2O5. The molecule has 0 saturated heterocycles. The molecule has 0 spiro atoms. The molecule has 4 rings (SSSR count). The third-order valence-corrected chi connectivity index (χ3v) is 5.63. The van der Waals surface area contributed by atoms with E-state index in [4.69, 9.17) is 14.2 Å². The first kappa shape index (κ1) is 22.9. The Hall–Kier alpha value is -4.26. The van der Waals surface area contributed by atoms with Crippen LogP contribution in [0.25, 0.3) is 10.9 Å². The first-order valence-corrected chi connectivity index (χ1v) is 10.7. The molecule has 1 amide bonds. The number of aryl methyl sites for hydroxylation is 1. The van der Waals surface area contributed by atoms with Crippen molar-refractivity contribution in [1.29, 1.82) is 0 Å². The van der Waals surface area contributed by atoms with Crippen molar-refractivity contribution in [2.24, 2.45) is 0 Å². The normalized spacial score (nSPS) is 10.7. The van der Waals surface area contributed by atoms with Gasteiger partial charge in [-0.1, -0.05) is 30.3 Å². The Bertz CT molecular complexity index is 1370. The molecule has 1 N–H and O–H groups in total. The number of nitrogens with one attached hydrogen (secondary N) is 1. The summed E-state index contributed by atoms with van der Waals surface area (Å²) in [6, 6.07) is 20.1. The number of carbonyl (C=O) groups is 1. The van der Waals surface area contributed by atoms with Crippen LogP contribution in [0.5, 0.6) is 17.2 Å². The van der Waals surface area contributed by atoms with Crippen molar-refractivity contribution in [3.63, 3.8) is 0 Å². The fourth-order valence-electron chi connectivity index (χ4n) is 3.90. The minimum atomic E-state index is -0.311. The summed E-state index contributed by atoms with van der Waals surface area (Å²) in [5.74, 6) is 0.831. The Labute approximate surface area is 197 Å². The van der Waals surface area contributed by atoms with Crippen molar-refractivity contribution in [2.75, 3.05) is 26.2 Å². The second-order valence-electron chi connectivity index (χ2n) is 7.86. The number of anilines is 1. The average Bonchev–Trinajstić information content (AvgIpc) is 2.86. The van der Waals surface area contributed by atoms with Gasteiger partial charge in [0.2, 0.25) is 5.75 Å². The summed E-state index contributed by atoms with van der Waals surface area (Å²) < 4.78 is 16.2. The highest BCUT2D eigenvalue weighted by molar-refractivity contribution is 6.06. The van der Waals surface area contributed by atoms with Gasteiger partial charge in [-0.2, -0.15) is 0 Å². The Morgan fingerprint density at radius 1 is 0.882 bits per heavy atom. The van der Waals surface area contributed by atoms with E-state index in [1.165, 1.54) is 21.3 Å². The molecular weight excluding hydrogens is 432 g/mol. The van der Waals surface area contributed by atoms with Crippen LogP contribution in [0.15, 0.2) is 71.5 Å². The zero-order valence-corrected chi connectivity index (χ0v) is 19.5. The Balaban J connectivity index is 1.80. The number of carbonyl (C=O) groups excluding carboxylic acids is 1. The number of fused-ring (bicyclic) bond motifs is 1. The quantitative estimate of drug-likeness (QED) is 0.434. The number of hydrogen-bond donors (Lipinski definition) is 1. The van der Waals surface area contributed by atoms with Gasteiger partial charge in [-0.3, -0.25) is 9.59 Å². The smallest absolute Gasteiger partial charge is 0.258 e. The van der Waals surface area contributed by atoms with Crippen LogP contribution in [0, 0.1) is 6.92 Å². The molecule has 0 aliphatic rings. The largest absolute Gasteiger partial charge is 0.493 e. The Morgan fingerprint density at radius 2 is 1.56 bits per heavy atom. The maximum Gasteiger partial charge on any atom is 0.258 e. The summed E-state index contributed by atoms with van der Waals surface area (Å²) in [5.41, 5.74) is 3.05. The minimum Gasteiger partial charge on any atom is -0.493 e. The molecule has 0 fully saturated rings. The van der Waals surface area contributed by atoms with Gasteiger partial charge in [-0.05, 0) is 54.3 Å². The summed E-state index contributed by atoms with van der Waals surface area (Å²) in [6.07, 6.45) is 0. The number of pyridine rings is 1. The van der Waals surface area contributed by atoms with Gasteiger partial charge < -0.3 is 24.1 Å². The molecule has 0 atom stereocenters. The summed E-state index contributed by atoms with van der Waals surface area (Å²) in [4.78, 5) is 31.2. The second-order valence-corrected chi connectivity index (χ2v) is 7.86. The van der Waals surface area contributed by atoms with Crippen LogP contribution in [-0.2, 0) is 6.54 Å². The molecule has 0 bridgehead atoms. The van der Waals surface area contributed by atoms with Crippen LogP contribution in [0.2, 0.25) is 0 Å². The van der Waals surface area contributed by atoms with Gasteiger partial charge in [0.05, 0.1) is 27.9 Å². The van der Waals surface area contributed by atoms with Gasteiger partial charge in [0, 0.05) is 22.3 Å². The molecule has 0 aliphatic carbocycles.